The van der Waals surface area contributed by atoms with Crippen LogP contribution in [0.25, 0.3) is 11.2 Å². The maximum absolute atomic E-state index is 14.1. The Labute approximate surface area is 276 Å². The monoisotopic (exact) mass is 690 g/mol. The van der Waals surface area contributed by atoms with Crippen LogP contribution in [0.4, 0.5) is 13.2 Å². The fourth-order valence-corrected chi connectivity index (χ4v) is 5.99. The molecule has 1 saturated heterocycles. The van der Waals surface area contributed by atoms with Crippen LogP contribution in [-0.2, 0) is 34.0 Å². The highest BCUT2D eigenvalue weighted by atomic mass is 28.3. The molecular formula is C33H41F3N4O7Si. The molecule has 0 N–H and O–H groups in total. The number of halogens is 3. The quantitative estimate of drug-likeness (QED) is 0.105. The molecule has 0 amide bonds. The van der Waals surface area contributed by atoms with Crippen molar-refractivity contribution in [3.8, 4) is 17.5 Å². The Balaban J connectivity index is 1.55. The van der Waals surface area contributed by atoms with E-state index in [0.29, 0.717) is 19.6 Å². The summed E-state index contributed by atoms with van der Waals surface area (Å²) in [6.45, 7) is 8.01. The summed E-state index contributed by atoms with van der Waals surface area (Å²) in [5.41, 5.74) is -0.274. The second-order valence-corrected chi connectivity index (χ2v) is 18.4. The zero-order valence-electron chi connectivity index (χ0n) is 27.3. The fourth-order valence-electron chi connectivity index (χ4n) is 5.23. The van der Waals surface area contributed by atoms with Gasteiger partial charge in [0.2, 0.25) is 0 Å². The lowest BCUT2D eigenvalue weighted by Gasteiger charge is -2.22. The SMILES string of the molecule is C[Si](C)(C)CCOCn1c(=O)n(CCCOC2CCCCO2)c(=O)c2c1nc(Oc1cccc(OC(F)(F)F)c1)n2Cc1ccccc1. The maximum Gasteiger partial charge on any atom is 0.573 e. The number of benzene rings is 2. The van der Waals surface area contributed by atoms with Gasteiger partial charge in [-0.15, -0.1) is 13.2 Å². The summed E-state index contributed by atoms with van der Waals surface area (Å²) in [5, 5.41) is 0. The summed E-state index contributed by atoms with van der Waals surface area (Å²) in [5.74, 6) is -0.495. The van der Waals surface area contributed by atoms with Crippen LogP contribution in [0, 0.1) is 0 Å². The number of alkyl halides is 3. The summed E-state index contributed by atoms with van der Waals surface area (Å²) in [6, 6.07) is 15.0. The first kappa shape index (κ1) is 35.4. The maximum atomic E-state index is 14.1. The highest BCUT2D eigenvalue weighted by molar-refractivity contribution is 6.76. The number of fused-ring (bicyclic) bond motifs is 1. The van der Waals surface area contributed by atoms with Crippen LogP contribution in [-0.4, -0.2) is 59.2 Å². The van der Waals surface area contributed by atoms with Crippen LogP contribution in [0.15, 0.2) is 64.2 Å². The zero-order valence-corrected chi connectivity index (χ0v) is 28.3. The largest absolute Gasteiger partial charge is 0.573 e. The predicted octanol–water partition coefficient (Wildman–Crippen LogP) is 6.34. The number of hydrogen-bond donors (Lipinski definition) is 0. The molecule has 2 aromatic heterocycles. The number of imidazole rings is 1. The van der Waals surface area contributed by atoms with Gasteiger partial charge in [-0.1, -0.05) is 56.0 Å². The third-order valence-corrected chi connectivity index (χ3v) is 9.40. The molecule has 11 nitrogen and oxygen atoms in total. The number of ether oxygens (including phenoxy) is 5. The summed E-state index contributed by atoms with van der Waals surface area (Å²) >= 11 is 0. The summed E-state index contributed by atoms with van der Waals surface area (Å²) in [6.07, 6.45) is -2.03. The molecular weight excluding hydrogens is 649 g/mol. The lowest BCUT2D eigenvalue weighted by Crippen LogP contribution is -2.41. The van der Waals surface area contributed by atoms with E-state index in [1.807, 2.05) is 30.3 Å². The minimum Gasteiger partial charge on any atom is -0.425 e. The molecule has 1 fully saturated rings. The third-order valence-electron chi connectivity index (χ3n) is 7.70. The average Bonchev–Trinajstić information content (AvgIpc) is 3.37. The third kappa shape index (κ3) is 9.58. The Morgan fingerprint density at radius 3 is 2.44 bits per heavy atom. The van der Waals surface area contributed by atoms with E-state index in [0.717, 1.165) is 47.6 Å². The van der Waals surface area contributed by atoms with Crippen molar-refractivity contribution in [1.82, 2.24) is 18.7 Å². The molecule has 0 spiro atoms. The van der Waals surface area contributed by atoms with Crippen molar-refractivity contribution in [3.05, 3.63) is 81.0 Å². The van der Waals surface area contributed by atoms with Crippen molar-refractivity contribution in [2.75, 3.05) is 19.8 Å². The molecule has 15 heteroatoms. The number of hydrogen-bond acceptors (Lipinski definition) is 8. The summed E-state index contributed by atoms with van der Waals surface area (Å²) in [4.78, 5) is 32.6. The molecule has 5 rings (SSSR count). The van der Waals surface area contributed by atoms with E-state index >= 15 is 0 Å². The summed E-state index contributed by atoms with van der Waals surface area (Å²) < 4.78 is 70.3. The smallest absolute Gasteiger partial charge is 0.425 e. The van der Waals surface area contributed by atoms with Crippen LogP contribution in [0.2, 0.25) is 25.7 Å². The number of aromatic nitrogens is 4. The fraction of sp³-hybridized carbons (Fsp3) is 0.485. The van der Waals surface area contributed by atoms with Gasteiger partial charge in [0.25, 0.3) is 5.56 Å². The van der Waals surface area contributed by atoms with E-state index in [-0.39, 0.29) is 55.6 Å². The normalized spacial score (nSPS) is 15.6. The van der Waals surface area contributed by atoms with Crippen molar-refractivity contribution < 1.29 is 36.9 Å². The molecule has 0 radical (unpaired) electrons. The van der Waals surface area contributed by atoms with Crippen molar-refractivity contribution in [2.45, 2.75) is 83.8 Å². The molecule has 1 aliphatic heterocycles. The van der Waals surface area contributed by atoms with Crippen LogP contribution < -0.4 is 20.7 Å². The number of nitrogens with zero attached hydrogens (tertiary/aromatic N) is 4. The van der Waals surface area contributed by atoms with E-state index < -0.39 is 31.4 Å². The van der Waals surface area contributed by atoms with E-state index in [1.165, 1.54) is 21.3 Å². The Bertz CT molecular complexity index is 1780. The highest BCUT2D eigenvalue weighted by Gasteiger charge is 2.31. The Morgan fingerprint density at radius 2 is 1.73 bits per heavy atom. The van der Waals surface area contributed by atoms with Crippen LogP contribution in [0.1, 0.15) is 31.2 Å². The van der Waals surface area contributed by atoms with Crippen LogP contribution in [0.5, 0.6) is 17.5 Å². The topological polar surface area (TPSA) is 108 Å². The molecule has 48 heavy (non-hydrogen) atoms. The van der Waals surface area contributed by atoms with E-state index in [9.17, 15) is 22.8 Å². The lowest BCUT2D eigenvalue weighted by atomic mass is 10.2. The standard InChI is InChI=1S/C33H41F3N4O7Si/c1-48(2,3)20-19-43-23-40-29-28(30(41)38(32(40)42)16-10-18-45-27-15-7-8-17-44-27)39(22-24-11-5-4-6-12-24)31(37-29)46-25-13-9-14-26(21-25)47-33(34,35)36/h4-6,9,11-14,21,27H,7-8,10,15-20,22-23H2,1-3H3. The molecule has 0 saturated carbocycles. The van der Waals surface area contributed by atoms with Crippen molar-refractivity contribution in [1.29, 1.82) is 0 Å². The van der Waals surface area contributed by atoms with E-state index in [1.54, 1.807) is 0 Å². The van der Waals surface area contributed by atoms with Crippen molar-refractivity contribution >= 4 is 19.2 Å². The van der Waals surface area contributed by atoms with Gasteiger partial charge >= 0.3 is 18.1 Å². The van der Waals surface area contributed by atoms with Gasteiger partial charge in [0.15, 0.2) is 17.5 Å². The molecule has 2 aromatic carbocycles. The summed E-state index contributed by atoms with van der Waals surface area (Å²) in [7, 11) is -1.44. The highest BCUT2D eigenvalue weighted by Crippen LogP contribution is 2.30. The molecule has 4 aromatic rings. The van der Waals surface area contributed by atoms with E-state index in [4.69, 9.17) is 18.9 Å². The van der Waals surface area contributed by atoms with Gasteiger partial charge in [-0.2, -0.15) is 4.98 Å². The molecule has 1 atom stereocenters. The number of rotatable bonds is 15. The predicted molar refractivity (Wildman–Crippen MR) is 175 cm³/mol. The second kappa shape index (κ2) is 15.5. The first-order chi connectivity index (χ1) is 22.9. The van der Waals surface area contributed by atoms with Gasteiger partial charge in [-0.05, 0) is 49.4 Å². The molecule has 1 unspecified atom stereocenters. The molecule has 0 bridgehead atoms. The average molecular weight is 691 g/mol. The minimum atomic E-state index is -4.90. The Kier molecular flexibility index (Phi) is 11.4. The van der Waals surface area contributed by atoms with Gasteiger partial charge < -0.3 is 23.7 Å². The van der Waals surface area contributed by atoms with E-state index in [2.05, 4.69) is 29.4 Å². The van der Waals surface area contributed by atoms with Crippen molar-refractivity contribution in [3.63, 3.8) is 0 Å². The van der Waals surface area contributed by atoms with Gasteiger partial charge in [-0.25, -0.2) is 4.79 Å². The molecule has 0 aliphatic carbocycles. The van der Waals surface area contributed by atoms with Gasteiger partial charge in [0, 0.05) is 33.9 Å². The zero-order chi connectivity index (χ0) is 34.3. The van der Waals surface area contributed by atoms with Crippen LogP contribution >= 0.6 is 0 Å². The molecule has 3 heterocycles. The molecule has 260 valence electrons. The second-order valence-electron chi connectivity index (χ2n) is 12.8. The molecule has 1 aliphatic rings. The van der Waals surface area contributed by atoms with Crippen LogP contribution in [0.3, 0.4) is 0 Å². The first-order valence-electron chi connectivity index (χ1n) is 16.0. The Hall–Kier alpha value is -3.92. The van der Waals surface area contributed by atoms with Gasteiger partial charge in [-0.3, -0.25) is 18.5 Å². The first-order valence-corrected chi connectivity index (χ1v) is 19.7. The lowest BCUT2D eigenvalue weighted by molar-refractivity contribution is -0.274. The van der Waals surface area contributed by atoms with Gasteiger partial charge in [0.1, 0.15) is 18.2 Å². The minimum absolute atomic E-state index is 0.0101. The Morgan fingerprint density at radius 1 is 0.958 bits per heavy atom. The van der Waals surface area contributed by atoms with Gasteiger partial charge in [0.05, 0.1) is 13.2 Å². The van der Waals surface area contributed by atoms with Crippen molar-refractivity contribution in [2.24, 2.45) is 0 Å².